The SMILES string of the molecule is Cn1nccc1CNCCSc1ccccc1. The van der Waals surface area contributed by atoms with Crippen LogP contribution in [0.3, 0.4) is 0 Å². The molecule has 0 radical (unpaired) electrons. The zero-order valence-corrected chi connectivity index (χ0v) is 10.8. The topological polar surface area (TPSA) is 29.9 Å². The molecule has 0 fully saturated rings. The molecule has 0 saturated carbocycles. The van der Waals surface area contributed by atoms with Gasteiger partial charge in [0.05, 0.1) is 5.69 Å². The molecule has 2 aromatic rings. The van der Waals surface area contributed by atoms with E-state index in [0.29, 0.717) is 0 Å². The van der Waals surface area contributed by atoms with Crippen molar-refractivity contribution >= 4 is 11.8 Å². The first-order valence-corrected chi connectivity index (χ1v) is 6.70. The molecule has 0 aliphatic heterocycles. The van der Waals surface area contributed by atoms with Crippen LogP contribution in [0, 0.1) is 0 Å². The summed E-state index contributed by atoms with van der Waals surface area (Å²) in [6, 6.07) is 12.5. The van der Waals surface area contributed by atoms with Gasteiger partial charge < -0.3 is 5.32 Å². The Kier molecular flexibility index (Phi) is 4.64. The Morgan fingerprint density at radius 3 is 2.76 bits per heavy atom. The highest BCUT2D eigenvalue weighted by Gasteiger charge is 1.97. The maximum atomic E-state index is 4.13. The van der Waals surface area contributed by atoms with E-state index in [1.807, 2.05) is 41.8 Å². The summed E-state index contributed by atoms with van der Waals surface area (Å²) in [6.45, 7) is 1.89. The van der Waals surface area contributed by atoms with Crippen LogP contribution in [0.1, 0.15) is 5.69 Å². The first-order valence-electron chi connectivity index (χ1n) is 5.72. The van der Waals surface area contributed by atoms with Gasteiger partial charge in [-0.1, -0.05) is 18.2 Å². The number of aryl methyl sites for hydroxylation is 1. The van der Waals surface area contributed by atoms with Gasteiger partial charge in [-0.3, -0.25) is 4.68 Å². The smallest absolute Gasteiger partial charge is 0.0518 e. The van der Waals surface area contributed by atoms with Crippen LogP contribution in [0.25, 0.3) is 0 Å². The summed E-state index contributed by atoms with van der Waals surface area (Å²) >= 11 is 1.88. The van der Waals surface area contributed by atoms with Crippen molar-refractivity contribution in [2.75, 3.05) is 12.3 Å². The van der Waals surface area contributed by atoms with Crippen molar-refractivity contribution in [3.05, 3.63) is 48.3 Å². The predicted octanol–water partition coefficient (Wildman–Crippen LogP) is 2.30. The van der Waals surface area contributed by atoms with Gasteiger partial charge in [0.15, 0.2) is 0 Å². The van der Waals surface area contributed by atoms with Gasteiger partial charge in [-0.15, -0.1) is 11.8 Å². The normalized spacial score (nSPS) is 10.6. The lowest BCUT2D eigenvalue weighted by Gasteiger charge is -2.05. The third-order valence-electron chi connectivity index (χ3n) is 2.52. The van der Waals surface area contributed by atoms with Crippen molar-refractivity contribution < 1.29 is 0 Å². The number of benzene rings is 1. The van der Waals surface area contributed by atoms with E-state index in [1.165, 1.54) is 10.6 Å². The first kappa shape index (κ1) is 12.2. The van der Waals surface area contributed by atoms with Crippen LogP contribution < -0.4 is 5.32 Å². The first-order chi connectivity index (χ1) is 8.36. The molecule has 0 unspecified atom stereocenters. The van der Waals surface area contributed by atoms with Crippen molar-refractivity contribution in [1.29, 1.82) is 0 Å². The van der Waals surface area contributed by atoms with Crippen molar-refractivity contribution in [3.63, 3.8) is 0 Å². The van der Waals surface area contributed by atoms with Crippen molar-refractivity contribution in [2.24, 2.45) is 7.05 Å². The van der Waals surface area contributed by atoms with Gasteiger partial charge in [0.1, 0.15) is 0 Å². The molecule has 0 amide bonds. The van der Waals surface area contributed by atoms with E-state index in [1.54, 1.807) is 0 Å². The molecule has 2 rings (SSSR count). The molecule has 90 valence electrons. The Morgan fingerprint density at radius 1 is 1.24 bits per heavy atom. The summed E-state index contributed by atoms with van der Waals surface area (Å²) in [4.78, 5) is 1.33. The van der Waals surface area contributed by atoms with Gasteiger partial charge in [0.2, 0.25) is 0 Å². The number of hydrogen-bond donors (Lipinski definition) is 1. The molecule has 0 saturated heterocycles. The van der Waals surface area contributed by atoms with Gasteiger partial charge in [-0.05, 0) is 18.2 Å². The fourth-order valence-electron chi connectivity index (χ4n) is 1.55. The maximum Gasteiger partial charge on any atom is 0.0518 e. The zero-order chi connectivity index (χ0) is 11.9. The van der Waals surface area contributed by atoms with E-state index in [0.717, 1.165) is 18.8 Å². The maximum absolute atomic E-state index is 4.13. The van der Waals surface area contributed by atoms with Crippen molar-refractivity contribution in [1.82, 2.24) is 15.1 Å². The molecule has 0 atom stereocenters. The Balaban J connectivity index is 1.63. The minimum atomic E-state index is 0.881. The standard InChI is InChI=1S/C13H17N3S/c1-16-12(7-8-15-16)11-14-9-10-17-13-5-3-2-4-6-13/h2-8,14H,9-11H2,1H3. The Hall–Kier alpha value is -1.26. The summed E-state index contributed by atoms with van der Waals surface area (Å²) in [5.41, 5.74) is 1.22. The van der Waals surface area contributed by atoms with Crippen molar-refractivity contribution in [3.8, 4) is 0 Å². The predicted molar refractivity (Wildman–Crippen MR) is 72.1 cm³/mol. The van der Waals surface area contributed by atoms with E-state index in [2.05, 4.69) is 34.7 Å². The minimum absolute atomic E-state index is 0.881. The van der Waals surface area contributed by atoms with Gasteiger partial charge in [-0.25, -0.2) is 0 Å². The summed E-state index contributed by atoms with van der Waals surface area (Å²) in [5.74, 6) is 1.09. The Labute approximate surface area is 106 Å². The summed E-state index contributed by atoms with van der Waals surface area (Å²) in [5, 5.41) is 7.55. The molecule has 0 bridgehead atoms. The second-order valence-electron chi connectivity index (χ2n) is 3.78. The van der Waals surface area contributed by atoms with E-state index in [-0.39, 0.29) is 0 Å². The van der Waals surface area contributed by atoms with Gasteiger partial charge in [-0.2, -0.15) is 5.10 Å². The molecule has 0 aliphatic carbocycles. The average molecular weight is 247 g/mol. The molecule has 1 aromatic carbocycles. The van der Waals surface area contributed by atoms with Crippen LogP contribution in [0.4, 0.5) is 0 Å². The number of nitrogens with one attached hydrogen (secondary N) is 1. The summed E-state index contributed by atoms with van der Waals surface area (Å²) in [7, 11) is 1.97. The van der Waals surface area contributed by atoms with E-state index in [4.69, 9.17) is 0 Å². The summed E-state index contributed by atoms with van der Waals surface area (Å²) < 4.78 is 1.90. The lowest BCUT2D eigenvalue weighted by atomic mass is 10.4. The molecule has 17 heavy (non-hydrogen) atoms. The Morgan fingerprint density at radius 2 is 2.06 bits per heavy atom. The van der Waals surface area contributed by atoms with Crippen LogP contribution in [-0.2, 0) is 13.6 Å². The fraction of sp³-hybridized carbons (Fsp3) is 0.308. The summed E-state index contributed by atoms with van der Waals surface area (Å²) in [6.07, 6.45) is 1.83. The van der Waals surface area contributed by atoms with E-state index < -0.39 is 0 Å². The van der Waals surface area contributed by atoms with Crippen molar-refractivity contribution in [2.45, 2.75) is 11.4 Å². The van der Waals surface area contributed by atoms with Crippen LogP contribution in [-0.4, -0.2) is 22.1 Å². The molecule has 0 aliphatic rings. The van der Waals surface area contributed by atoms with Crippen LogP contribution in [0.5, 0.6) is 0 Å². The van der Waals surface area contributed by atoms with Crippen LogP contribution in [0.2, 0.25) is 0 Å². The highest BCUT2D eigenvalue weighted by Crippen LogP contribution is 2.15. The second-order valence-corrected chi connectivity index (χ2v) is 4.95. The van der Waals surface area contributed by atoms with Gasteiger partial charge >= 0.3 is 0 Å². The molecular formula is C13H17N3S. The lowest BCUT2D eigenvalue weighted by molar-refractivity contribution is 0.645. The van der Waals surface area contributed by atoms with Crippen LogP contribution >= 0.6 is 11.8 Å². The van der Waals surface area contributed by atoms with Gasteiger partial charge in [0, 0.05) is 37.0 Å². The quantitative estimate of drug-likeness (QED) is 0.627. The molecule has 0 spiro atoms. The van der Waals surface area contributed by atoms with E-state index >= 15 is 0 Å². The zero-order valence-electron chi connectivity index (χ0n) is 9.97. The van der Waals surface area contributed by atoms with Crippen LogP contribution in [0.15, 0.2) is 47.5 Å². The van der Waals surface area contributed by atoms with Gasteiger partial charge in [0.25, 0.3) is 0 Å². The number of rotatable bonds is 6. The second kappa shape index (κ2) is 6.47. The third kappa shape index (κ3) is 3.91. The minimum Gasteiger partial charge on any atom is -0.310 e. The number of hydrogen-bond acceptors (Lipinski definition) is 3. The molecule has 1 heterocycles. The Bertz CT molecular complexity index is 439. The average Bonchev–Trinajstić information content (AvgIpc) is 2.76. The monoisotopic (exact) mass is 247 g/mol. The molecule has 4 heteroatoms. The number of aromatic nitrogens is 2. The largest absolute Gasteiger partial charge is 0.310 e. The highest BCUT2D eigenvalue weighted by atomic mass is 32.2. The third-order valence-corrected chi connectivity index (χ3v) is 3.53. The van der Waals surface area contributed by atoms with E-state index in [9.17, 15) is 0 Å². The fourth-order valence-corrected chi connectivity index (χ4v) is 2.38. The highest BCUT2D eigenvalue weighted by molar-refractivity contribution is 7.99. The molecular weight excluding hydrogens is 230 g/mol. The molecule has 1 N–H and O–H groups in total. The molecule has 1 aromatic heterocycles. The number of thioether (sulfide) groups is 1. The molecule has 3 nitrogen and oxygen atoms in total. The number of nitrogens with zero attached hydrogens (tertiary/aromatic N) is 2. The lowest BCUT2D eigenvalue weighted by Crippen LogP contribution is -2.18.